The molecular formula is C16H19N3O3. The maximum atomic E-state index is 11.8. The number of hydrogen-bond acceptors (Lipinski definition) is 4. The second-order valence-electron chi connectivity index (χ2n) is 5.19. The van der Waals surface area contributed by atoms with Crippen LogP contribution in [0.3, 0.4) is 0 Å². The average Bonchev–Trinajstić information content (AvgIpc) is 2.94. The summed E-state index contributed by atoms with van der Waals surface area (Å²) in [7, 11) is 0. The molecule has 1 aromatic heterocycles. The van der Waals surface area contributed by atoms with Gasteiger partial charge in [0.15, 0.2) is 0 Å². The highest BCUT2D eigenvalue weighted by Crippen LogP contribution is 2.16. The molecule has 1 amide bonds. The summed E-state index contributed by atoms with van der Waals surface area (Å²) in [6, 6.07) is 9.49. The van der Waals surface area contributed by atoms with E-state index in [0.717, 1.165) is 11.3 Å². The van der Waals surface area contributed by atoms with E-state index in [1.165, 1.54) is 0 Å². The SMILES string of the molecule is CC(CC(N)=O)c1cn(CC(=O)OCc2ccccc2)cn1. The zero-order chi connectivity index (χ0) is 15.9. The summed E-state index contributed by atoms with van der Waals surface area (Å²) in [4.78, 5) is 26.9. The lowest BCUT2D eigenvalue weighted by atomic mass is 10.1. The van der Waals surface area contributed by atoms with Crippen molar-refractivity contribution in [3.05, 3.63) is 54.1 Å². The number of amides is 1. The largest absolute Gasteiger partial charge is 0.459 e. The van der Waals surface area contributed by atoms with Crippen molar-refractivity contribution in [2.45, 2.75) is 32.4 Å². The lowest BCUT2D eigenvalue weighted by Crippen LogP contribution is -2.14. The van der Waals surface area contributed by atoms with Crippen molar-refractivity contribution in [2.75, 3.05) is 0 Å². The van der Waals surface area contributed by atoms with E-state index in [1.54, 1.807) is 17.1 Å². The van der Waals surface area contributed by atoms with Gasteiger partial charge in [-0.15, -0.1) is 0 Å². The molecule has 0 aliphatic heterocycles. The molecule has 0 aliphatic rings. The first kappa shape index (κ1) is 15.8. The Labute approximate surface area is 128 Å². The van der Waals surface area contributed by atoms with Crippen LogP contribution < -0.4 is 5.73 Å². The van der Waals surface area contributed by atoms with Crippen molar-refractivity contribution in [3.8, 4) is 0 Å². The third kappa shape index (κ3) is 4.73. The quantitative estimate of drug-likeness (QED) is 0.787. The normalized spacial score (nSPS) is 11.9. The van der Waals surface area contributed by atoms with Gasteiger partial charge >= 0.3 is 5.97 Å². The van der Waals surface area contributed by atoms with Crippen molar-refractivity contribution in [2.24, 2.45) is 5.73 Å². The van der Waals surface area contributed by atoms with Crippen LogP contribution in [0.1, 0.15) is 30.5 Å². The summed E-state index contributed by atoms with van der Waals surface area (Å²) in [5.41, 5.74) is 6.84. The Kier molecular flexibility index (Phi) is 5.30. The van der Waals surface area contributed by atoms with Crippen molar-refractivity contribution < 1.29 is 14.3 Å². The molecule has 0 bridgehead atoms. The Hall–Kier alpha value is -2.63. The smallest absolute Gasteiger partial charge is 0.326 e. The fourth-order valence-corrected chi connectivity index (χ4v) is 2.06. The Bertz CT molecular complexity index is 637. The second-order valence-corrected chi connectivity index (χ2v) is 5.19. The van der Waals surface area contributed by atoms with Gasteiger partial charge in [-0.1, -0.05) is 37.3 Å². The van der Waals surface area contributed by atoms with Crippen LogP contribution in [0, 0.1) is 0 Å². The topological polar surface area (TPSA) is 87.2 Å². The van der Waals surface area contributed by atoms with Crippen LogP contribution in [0.5, 0.6) is 0 Å². The molecule has 2 aromatic rings. The maximum absolute atomic E-state index is 11.8. The molecule has 0 fully saturated rings. The number of carbonyl (C=O) groups excluding carboxylic acids is 2. The first-order valence-corrected chi connectivity index (χ1v) is 7.04. The Balaban J connectivity index is 1.84. The van der Waals surface area contributed by atoms with Crippen molar-refractivity contribution >= 4 is 11.9 Å². The number of ether oxygens (including phenoxy) is 1. The maximum Gasteiger partial charge on any atom is 0.326 e. The van der Waals surface area contributed by atoms with E-state index in [4.69, 9.17) is 10.5 Å². The molecule has 116 valence electrons. The number of nitrogens with two attached hydrogens (primary N) is 1. The van der Waals surface area contributed by atoms with Gasteiger partial charge in [0.05, 0.1) is 12.0 Å². The van der Waals surface area contributed by atoms with E-state index in [2.05, 4.69) is 4.98 Å². The summed E-state index contributed by atoms with van der Waals surface area (Å²) in [6.07, 6.45) is 3.52. The highest BCUT2D eigenvalue weighted by Gasteiger charge is 2.13. The zero-order valence-electron chi connectivity index (χ0n) is 12.4. The fraction of sp³-hybridized carbons (Fsp3) is 0.312. The van der Waals surface area contributed by atoms with Crippen LogP contribution in [-0.2, 0) is 27.5 Å². The monoisotopic (exact) mass is 301 g/mol. The zero-order valence-corrected chi connectivity index (χ0v) is 12.4. The van der Waals surface area contributed by atoms with Gasteiger partial charge in [-0.3, -0.25) is 9.59 Å². The Morgan fingerprint density at radius 1 is 1.32 bits per heavy atom. The standard InChI is InChI=1S/C16H19N3O3/c1-12(7-15(17)20)14-8-19(11-18-14)9-16(21)22-10-13-5-3-2-4-6-13/h2-6,8,11-12H,7,9-10H2,1H3,(H2,17,20). The van der Waals surface area contributed by atoms with E-state index in [9.17, 15) is 9.59 Å². The molecule has 22 heavy (non-hydrogen) atoms. The number of benzene rings is 1. The lowest BCUT2D eigenvalue weighted by Gasteiger charge is -2.06. The number of primary amides is 1. The van der Waals surface area contributed by atoms with Crippen LogP contribution >= 0.6 is 0 Å². The summed E-state index contributed by atoms with van der Waals surface area (Å²) in [5.74, 6) is -0.779. The van der Waals surface area contributed by atoms with Crippen LogP contribution in [0.25, 0.3) is 0 Å². The van der Waals surface area contributed by atoms with Crippen LogP contribution in [0.4, 0.5) is 0 Å². The van der Waals surface area contributed by atoms with Gasteiger partial charge in [-0.2, -0.15) is 0 Å². The predicted molar refractivity (Wildman–Crippen MR) is 80.7 cm³/mol. The molecule has 0 radical (unpaired) electrons. The van der Waals surface area contributed by atoms with Crippen LogP contribution in [-0.4, -0.2) is 21.4 Å². The van der Waals surface area contributed by atoms with Crippen molar-refractivity contribution in [1.29, 1.82) is 0 Å². The number of nitrogens with zero attached hydrogens (tertiary/aromatic N) is 2. The number of rotatable bonds is 7. The first-order chi connectivity index (χ1) is 10.5. The summed E-state index contributed by atoms with van der Waals surface area (Å²) in [6.45, 7) is 2.20. The molecule has 0 saturated heterocycles. The molecule has 1 unspecified atom stereocenters. The summed E-state index contributed by atoms with van der Waals surface area (Å²) >= 11 is 0. The number of esters is 1. The second kappa shape index (κ2) is 7.40. The van der Waals surface area contributed by atoms with Gasteiger partial charge in [0.2, 0.25) is 5.91 Å². The Morgan fingerprint density at radius 3 is 2.73 bits per heavy atom. The van der Waals surface area contributed by atoms with Gasteiger partial charge in [0, 0.05) is 18.5 Å². The number of carbonyl (C=O) groups is 2. The Morgan fingerprint density at radius 2 is 2.05 bits per heavy atom. The number of aromatic nitrogens is 2. The molecule has 1 heterocycles. The van der Waals surface area contributed by atoms with E-state index < -0.39 is 0 Å². The summed E-state index contributed by atoms with van der Waals surface area (Å²) in [5, 5.41) is 0. The molecular weight excluding hydrogens is 282 g/mol. The highest BCUT2D eigenvalue weighted by atomic mass is 16.5. The molecule has 0 saturated carbocycles. The van der Waals surface area contributed by atoms with E-state index in [0.29, 0.717) is 0 Å². The van der Waals surface area contributed by atoms with Gasteiger partial charge < -0.3 is 15.0 Å². The molecule has 6 nitrogen and oxygen atoms in total. The third-order valence-electron chi connectivity index (χ3n) is 3.22. The predicted octanol–water partition coefficient (Wildman–Crippen LogP) is 1.61. The number of hydrogen-bond donors (Lipinski definition) is 1. The van der Waals surface area contributed by atoms with Gasteiger partial charge in [0.25, 0.3) is 0 Å². The van der Waals surface area contributed by atoms with Crippen molar-refractivity contribution in [3.63, 3.8) is 0 Å². The minimum atomic E-state index is -0.371. The first-order valence-electron chi connectivity index (χ1n) is 7.04. The van der Waals surface area contributed by atoms with Crippen molar-refractivity contribution in [1.82, 2.24) is 9.55 Å². The molecule has 0 spiro atoms. The fourth-order valence-electron chi connectivity index (χ4n) is 2.06. The molecule has 2 N–H and O–H groups in total. The molecule has 1 atom stereocenters. The molecule has 2 rings (SSSR count). The van der Waals surface area contributed by atoms with E-state index in [1.807, 2.05) is 37.3 Å². The minimum absolute atomic E-state index is 0.0703. The lowest BCUT2D eigenvalue weighted by molar-refractivity contribution is -0.145. The summed E-state index contributed by atoms with van der Waals surface area (Å²) < 4.78 is 6.84. The average molecular weight is 301 g/mol. The van der Waals surface area contributed by atoms with E-state index >= 15 is 0 Å². The molecule has 0 aliphatic carbocycles. The van der Waals surface area contributed by atoms with E-state index in [-0.39, 0.29) is 37.4 Å². The molecule has 1 aromatic carbocycles. The van der Waals surface area contributed by atoms with Gasteiger partial charge in [-0.05, 0) is 5.56 Å². The van der Waals surface area contributed by atoms with Crippen LogP contribution in [0.15, 0.2) is 42.9 Å². The van der Waals surface area contributed by atoms with Gasteiger partial charge in [0.1, 0.15) is 13.2 Å². The number of imidazole rings is 1. The van der Waals surface area contributed by atoms with Gasteiger partial charge in [-0.25, -0.2) is 4.98 Å². The molecule has 6 heteroatoms. The van der Waals surface area contributed by atoms with Crippen LogP contribution in [0.2, 0.25) is 0 Å². The minimum Gasteiger partial charge on any atom is -0.459 e. The third-order valence-corrected chi connectivity index (χ3v) is 3.22. The highest BCUT2D eigenvalue weighted by molar-refractivity contribution is 5.74.